The van der Waals surface area contributed by atoms with Crippen molar-refractivity contribution < 1.29 is 9.59 Å². The Labute approximate surface area is 177 Å². The number of amides is 2. The van der Waals surface area contributed by atoms with Crippen LogP contribution in [-0.2, 0) is 9.59 Å². The van der Waals surface area contributed by atoms with E-state index in [0.717, 1.165) is 35.0 Å². The molecule has 2 aromatic rings. The third-order valence-electron chi connectivity index (χ3n) is 5.28. The lowest BCUT2D eigenvalue weighted by molar-refractivity contribution is -0.126. The first-order chi connectivity index (χ1) is 14.6. The minimum atomic E-state index is 0.0355. The summed E-state index contributed by atoms with van der Waals surface area (Å²) in [6, 6.07) is 3.87. The number of aromatic amines is 1. The largest absolute Gasteiger partial charge is 0.346 e. The SMILES string of the molecule is C\C=C/C(=C\C=C(/C)CC)C(=O)N1CC=C(c2cc(NC=O)nc3[nH]ccc23)CC1. The number of pyridine rings is 1. The Bertz CT molecular complexity index is 1060. The molecule has 3 rings (SSSR count). The normalized spacial score (nSPS) is 15.6. The highest BCUT2D eigenvalue weighted by atomic mass is 16.2. The molecule has 0 fully saturated rings. The van der Waals surface area contributed by atoms with Crippen molar-refractivity contribution in [2.75, 3.05) is 18.4 Å². The van der Waals surface area contributed by atoms with Crippen LogP contribution in [0.2, 0.25) is 0 Å². The van der Waals surface area contributed by atoms with E-state index in [9.17, 15) is 9.59 Å². The molecule has 0 atom stereocenters. The summed E-state index contributed by atoms with van der Waals surface area (Å²) in [4.78, 5) is 33.2. The van der Waals surface area contributed by atoms with Gasteiger partial charge in [-0.3, -0.25) is 9.59 Å². The van der Waals surface area contributed by atoms with Crippen molar-refractivity contribution in [3.63, 3.8) is 0 Å². The molecular formula is C24H28N4O2. The van der Waals surface area contributed by atoms with Crippen LogP contribution < -0.4 is 5.32 Å². The predicted octanol–water partition coefficient (Wildman–Crippen LogP) is 4.61. The highest BCUT2D eigenvalue weighted by Gasteiger charge is 2.21. The number of hydrogen-bond acceptors (Lipinski definition) is 3. The lowest BCUT2D eigenvalue weighted by Crippen LogP contribution is -2.35. The Morgan fingerprint density at radius 3 is 2.87 bits per heavy atom. The maximum absolute atomic E-state index is 13.0. The van der Waals surface area contributed by atoms with Gasteiger partial charge in [-0.25, -0.2) is 4.98 Å². The summed E-state index contributed by atoms with van der Waals surface area (Å²) in [5.74, 6) is 0.541. The number of nitrogens with zero attached hydrogens (tertiary/aromatic N) is 2. The summed E-state index contributed by atoms with van der Waals surface area (Å²) in [5.41, 5.74) is 4.84. The van der Waals surface area contributed by atoms with E-state index in [2.05, 4.69) is 35.2 Å². The first-order valence-corrected chi connectivity index (χ1v) is 10.2. The summed E-state index contributed by atoms with van der Waals surface area (Å²) in [5, 5.41) is 3.64. The number of fused-ring (bicyclic) bond motifs is 1. The zero-order valence-electron chi connectivity index (χ0n) is 17.7. The van der Waals surface area contributed by atoms with Crippen LogP contribution in [0.3, 0.4) is 0 Å². The summed E-state index contributed by atoms with van der Waals surface area (Å²) in [7, 11) is 0. The number of nitrogens with one attached hydrogen (secondary N) is 2. The molecule has 0 unspecified atom stereocenters. The van der Waals surface area contributed by atoms with Gasteiger partial charge in [-0.1, -0.05) is 36.8 Å². The van der Waals surface area contributed by atoms with Crippen LogP contribution in [0.25, 0.3) is 16.6 Å². The lowest BCUT2D eigenvalue weighted by Gasteiger charge is -2.27. The van der Waals surface area contributed by atoms with Gasteiger partial charge in [-0.2, -0.15) is 0 Å². The fourth-order valence-electron chi connectivity index (χ4n) is 3.45. The van der Waals surface area contributed by atoms with Crippen molar-refractivity contribution >= 4 is 34.7 Å². The molecule has 0 saturated carbocycles. The van der Waals surface area contributed by atoms with Crippen molar-refractivity contribution in [2.24, 2.45) is 0 Å². The van der Waals surface area contributed by atoms with Gasteiger partial charge in [-0.15, -0.1) is 0 Å². The smallest absolute Gasteiger partial charge is 0.254 e. The Morgan fingerprint density at radius 2 is 2.20 bits per heavy atom. The van der Waals surface area contributed by atoms with E-state index in [0.29, 0.717) is 30.9 Å². The first kappa shape index (κ1) is 21.3. The van der Waals surface area contributed by atoms with Gasteiger partial charge in [0.05, 0.1) is 0 Å². The first-order valence-electron chi connectivity index (χ1n) is 10.2. The Balaban J connectivity index is 1.84. The number of aromatic nitrogens is 2. The average molecular weight is 405 g/mol. The highest BCUT2D eigenvalue weighted by Crippen LogP contribution is 2.30. The monoisotopic (exact) mass is 404 g/mol. The molecule has 6 heteroatoms. The summed E-state index contributed by atoms with van der Waals surface area (Å²) in [6.45, 7) is 7.27. The average Bonchev–Trinajstić information content (AvgIpc) is 3.24. The molecule has 0 aliphatic carbocycles. The lowest BCUT2D eigenvalue weighted by atomic mass is 9.97. The van der Waals surface area contributed by atoms with E-state index in [1.165, 1.54) is 5.57 Å². The van der Waals surface area contributed by atoms with Crippen molar-refractivity contribution in [1.29, 1.82) is 0 Å². The number of rotatable bonds is 7. The van der Waals surface area contributed by atoms with Gasteiger partial charge < -0.3 is 15.2 Å². The standard InChI is InChI=1S/C24H28N4O2/c1-4-6-19(8-7-17(3)5-2)24(30)28-13-10-18(11-14-28)21-15-22(26-16-29)27-23-20(21)9-12-25-23/h4,6-10,12,15-16H,5,11,13-14H2,1-3H3,(H2,25,26,27,29)/b6-4-,17-7+,19-8+. The van der Waals surface area contributed by atoms with Gasteiger partial charge in [0, 0.05) is 30.2 Å². The number of allylic oxidation sites excluding steroid dienone is 4. The number of carbonyl (C=O) groups is 2. The minimum Gasteiger partial charge on any atom is -0.346 e. The summed E-state index contributed by atoms with van der Waals surface area (Å²) in [6.07, 6.45) is 13.9. The second-order valence-electron chi connectivity index (χ2n) is 7.28. The molecule has 2 aromatic heterocycles. The van der Waals surface area contributed by atoms with Gasteiger partial charge in [0.25, 0.3) is 5.91 Å². The zero-order valence-corrected chi connectivity index (χ0v) is 17.7. The minimum absolute atomic E-state index is 0.0355. The quantitative estimate of drug-likeness (QED) is 0.402. The molecule has 0 saturated heterocycles. The third-order valence-corrected chi connectivity index (χ3v) is 5.28. The Hall–Kier alpha value is -3.41. The Kier molecular flexibility index (Phi) is 7.01. The Morgan fingerprint density at radius 1 is 1.37 bits per heavy atom. The van der Waals surface area contributed by atoms with Crippen LogP contribution in [0.5, 0.6) is 0 Å². The van der Waals surface area contributed by atoms with Crippen molar-refractivity contribution in [2.45, 2.75) is 33.6 Å². The second kappa shape index (κ2) is 9.87. The number of hydrogen-bond donors (Lipinski definition) is 2. The molecule has 1 aliphatic rings. The maximum Gasteiger partial charge on any atom is 0.254 e. The zero-order chi connectivity index (χ0) is 21.5. The molecule has 0 aromatic carbocycles. The number of carbonyl (C=O) groups excluding carboxylic acids is 2. The van der Waals surface area contributed by atoms with Crippen LogP contribution in [0.4, 0.5) is 5.82 Å². The third kappa shape index (κ3) is 4.76. The molecule has 30 heavy (non-hydrogen) atoms. The van der Waals surface area contributed by atoms with Crippen molar-refractivity contribution in [1.82, 2.24) is 14.9 Å². The summed E-state index contributed by atoms with van der Waals surface area (Å²) < 4.78 is 0. The topological polar surface area (TPSA) is 78.1 Å². The molecule has 1 aliphatic heterocycles. The molecule has 2 amide bonds. The van der Waals surface area contributed by atoms with Crippen molar-refractivity contribution in [3.8, 4) is 0 Å². The van der Waals surface area contributed by atoms with Crippen LogP contribution in [0.15, 0.2) is 59.9 Å². The molecule has 0 radical (unpaired) electrons. The molecule has 0 spiro atoms. The molecule has 0 bridgehead atoms. The van der Waals surface area contributed by atoms with Crippen molar-refractivity contribution in [3.05, 3.63) is 65.4 Å². The molecule has 3 heterocycles. The van der Waals surface area contributed by atoms with Gasteiger partial charge in [0.1, 0.15) is 11.5 Å². The molecule has 156 valence electrons. The van der Waals surface area contributed by atoms with Gasteiger partial charge in [-0.05, 0) is 56.0 Å². The second-order valence-corrected chi connectivity index (χ2v) is 7.28. The number of H-pyrrole nitrogens is 1. The predicted molar refractivity (Wildman–Crippen MR) is 122 cm³/mol. The molecular weight excluding hydrogens is 376 g/mol. The van der Waals surface area contributed by atoms with E-state index >= 15 is 0 Å². The van der Waals surface area contributed by atoms with Gasteiger partial charge in [0.15, 0.2) is 0 Å². The van der Waals surface area contributed by atoms with E-state index in [-0.39, 0.29) is 5.91 Å². The van der Waals surface area contributed by atoms with E-state index < -0.39 is 0 Å². The van der Waals surface area contributed by atoms with Crippen LogP contribution in [-0.4, -0.2) is 40.3 Å². The fraction of sp³-hybridized carbons (Fsp3) is 0.292. The number of anilines is 1. The van der Waals surface area contributed by atoms with Crippen LogP contribution in [0, 0.1) is 0 Å². The van der Waals surface area contributed by atoms with E-state index in [1.807, 2.05) is 54.5 Å². The highest BCUT2D eigenvalue weighted by molar-refractivity contribution is 5.98. The maximum atomic E-state index is 13.0. The fourth-order valence-corrected chi connectivity index (χ4v) is 3.45. The molecule has 6 nitrogen and oxygen atoms in total. The van der Waals surface area contributed by atoms with Crippen LogP contribution >= 0.6 is 0 Å². The van der Waals surface area contributed by atoms with Gasteiger partial charge in [0.2, 0.25) is 6.41 Å². The summed E-state index contributed by atoms with van der Waals surface area (Å²) >= 11 is 0. The van der Waals surface area contributed by atoms with Crippen LogP contribution in [0.1, 0.15) is 39.2 Å². The van der Waals surface area contributed by atoms with Gasteiger partial charge >= 0.3 is 0 Å². The van der Waals surface area contributed by atoms with E-state index in [4.69, 9.17) is 0 Å². The molecule has 2 N–H and O–H groups in total. The van der Waals surface area contributed by atoms with E-state index in [1.54, 1.807) is 0 Å².